The van der Waals surface area contributed by atoms with E-state index in [1.807, 2.05) is 22.7 Å². The van der Waals surface area contributed by atoms with E-state index in [4.69, 9.17) is 4.98 Å². The van der Waals surface area contributed by atoms with Gasteiger partial charge in [-0.1, -0.05) is 0 Å². The van der Waals surface area contributed by atoms with E-state index in [2.05, 4.69) is 43.3 Å². The molecule has 158 valence electrons. The third kappa shape index (κ3) is 4.43. The van der Waals surface area contributed by atoms with Gasteiger partial charge >= 0.3 is 0 Å². The number of carbonyl (C=O) groups is 1. The maximum Gasteiger partial charge on any atom is 0.254 e. The van der Waals surface area contributed by atoms with E-state index in [1.54, 1.807) is 17.5 Å². The number of halogens is 2. The molecule has 0 saturated carbocycles. The number of aromatic nitrogens is 3. The summed E-state index contributed by atoms with van der Waals surface area (Å²) < 4.78 is 1.90. The Labute approximate surface area is 187 Å². The predicted octanol–water partition coefficient (Wildman–Crippen LogP) is 4.33. The summed E-state index contributed by atoms with van der Waals surface area (Å²) in [5.74, 6) is 0.0361. The van der Waals surface area contributed by atoms with E-state index >= 15 is 0 Å². The average molecular weight is 456 g/mol. The van der Waals surface area contributed by atoms with Gasteiger partial charge in [-0.2, -0.15) is 5.10 Å². The molecule has 4 rings (SSSR count). The van der Waals surface area contributed by atoms with E-state index in [0.29, 0.717) is 5.56 Å². The van der Waals surface area contributed by atoms with Crippen molar-refractivity contribution < 1.29 is 4.79 Å². The second-order valence-electron chi connectivity index (χ2n) is 7.45. The SMILES string of the molecule is Cc1ccc(-c2cc(C(=O)N(C)C3CCNC3)c3cnn(C(C)C)c3n2)s1.Cl.Cl. The fourth-order valence-corrected chi connectivity index (χ4v) is 4.43. The maximum atomic E-state index is 13.4. The summed E-state index contributed by atoms with van der Waals surface area (Å²) in [5.41, 5.74) is 2.29. The fourth-order valence-electron chi connectivity index (χ4n) is 3.60. The Morgan fingerprint density at radius 3 is 2.69 bits per heavy atom. The minimum atomic E-state index is 0. The molecule has 4 heterocycles. The number of nitrogens with zero attached hydrogens (tertiary/aromatic N) is 4. The summed E-state index contributed by atoms with van der Waals surface area (Å²) in [7, 11) is 1.90. The number of hydrogen-bond donors (Lipinski definition) is 1. The van der Waals surface area contributed by atoms with Crippen LogP contribution in [0.2, 0.25) is 0 Å². The Bertz CT molecular complexity index is 994. The van der Waals surface area contributed by atoms with E-state index in [0.717, 1.165) is 41.1 Å². The Morgan fingerprint density at radius 2 is 2.10 bits per heavy atom. The van der Waals surface area contributed by atoms with Crippen LogP contribution < -0.4 is 5.32 Å². The Kier molecular flexibility index (Phi) is 7.67. The molecule has 1 fully saturated rings. The van der Waals surface area contributed by atoms with Crippen LogP contribution in [-0.2, 0) is 0 Å². The van der Waals surface area contributed by atoms with Gasteiger partial charge in [0.2, 0.25) is 0 Å². The first-order valence-electron chi connectivity index (χ1n) is 9.38. The Balaban J connectivity index is 0.00000150. The van der Waals surface area contributed by atoms with Crippen molar-refractivity contribution in [1.29, 1.82) is 0 Å². The van der Waals surface area contributed by atoms with Gasteiger partial charge in [0.25, 0.3) is 5.91 Å². The molecule has 3 aromatic heterocycles. The molecule has 0 radical (unpaired) electrons. The fraction of sp³-hybridized carbons (Fsp3) is 0.450. The van der Waals surface area contributed by atoms with Crippen molar-refractivity contribution in [1.82, 2.24) is 25.0 Å². The number of hydrogen-bond acceptors (Lipinski definition) is 5. The molecular weight excluding hydrogens is 429 g/mol. The highest BCUT2D eigenvalue weighted by Gasteiger charge is 2.27. The molecule has 1 unspecified atom stereocenters. The monoisotopic (exact) mass is 455 g/mol. The first-order chi connectivity index (χ1) is 13.0. The molecule has 1 N–H and O–H groups in total. The van der Waals surface area contributed by atoms with Crippen LogP contribution in [0.1, 0.15) is 41.5 Å². The molecule has 3 aromatic rings. The van der Waals surface area contributed by atoms with Gasteiger partial charge in [-0.3, -0.25) is 4.79 Å². The molecule has 1 amide bonds. The first-order valence-corrected chi connectivity index (χ1v) is 10.2. The molecule has 0 aromatic carbocycles. The predicted molar refractivity (Wildman–Crippen MR) is 124 cm³/mol. The lowest BCUT2D eigenvalue weighted by Crippen LogP contribution is -2.38. The number of likely N-dealkylation sites (N-methyl/N-ethyl adjacent to an activating group) is 1. The summed E-state index contributed by atoms with van der Waals surface area (Å²) in [6.45, 7) is 8.04. The number of carbonyl (C=O) groups excluding carboxylic acids is 1. The maximum absolute atomic E-state index is 13.4. The number of thiophene rings is 1. The quantitative estimate of drug-likeness (QED) is 0.635. The van der Waals surface area contributed by atoms with Gasteiger partial charge in [-0.15, -0.1) is 36.2 Å². The lowest BCUT2D eigenvalue weighted by atomic mass is 10.1. The van der Waals surface area contributed by atoms with Crippen LogP contribution in [0.4, 0.5) is 0 Å². The number of aryl methyl sites for hydroxylation is 1. The molecule has 1 aliphatic heterocycles. The second-order valence-corrected chi connectivity index (χ2v) is 8.74. The number of rotatable bonds is 4. The summed E-state index contributed by atoms with van der Waals surface area (Å²) in [6.07, 6.45) is 2.76. The van der Waals surface area contributed by atoms with Crippen LogP contribution >= 0.6 is 36.2 Å². The molecular formula is C20H27Cl2N5OS. The number of nitrogens with one attached hydrogen (secondary N) is 1. The molecule has 1 aliphatic rings. The van der Waals surface area contributed by atoms with Gasteiger partial charge < -0.3 is 10.2 Å². The molecule has 1 atom stereocenters. The lowest BCUT2D eigenvalue weighted by molar-refractivity contribution is 0.0745. The number of amides is 1. The highest BCUT2D eigenvalue weighted by atomic mass is 35.5. The zero-order valence-corrected chi connectivity index (χ0v) is 19.5. The van der Waals surface area contributed by atoms with E-state index in [-0.39, 0.29) is 42.8 Å². The smallest absolute Gasteiger partial charge is 0.254 e. The Morgan fingerprint density at radius 1 is 1.34 bits per heavy atom. The van der Waals surface area contributed by atoms with Gasteiger partial charge in [0, 0.05) is 30.6 Å². The Hall–Kier alpha value is -1.67. The van der Waals surface area contributed by atoms with Crippen LogP contribution in [-0.4, -0.2) is 51.8 Å². The van der Waals surface area contributed by atoms with Crippen LogP contribution in [0.25, 0.3) is 21.6 Å². The third-order valence-electron chi connectivity index (χ3n) is 5.18. The van der Waals surface area contributed by atoms with Crippen molar-refractivity contribution in [2.75, 3.05) is 20.1 Å². The van der Waals surface area contributed by atoms with E-state index in [9.17, 15) is 4.79 Å². The zero-order valence-electron chi connectivity index (χ0n) is 17.0. The minimum absolute atomic E-state index is 0. The molecule has 29 heavy (non-hydrogen) atoms. The van der Waals surface area contributed by atoms with Crippen molar-refractivity contribution in [3.63, 3.8) is 0 Å². The molecule has 0 spiro atoms. The van der Waals surface area contributed by atoms with Crippen molar-refractivity contribution in [2.24, 2.45) is 0 Å². The standard InChI is InChI=1S/C20H25N5OS.2ClH/c1-12(2)25-19-16(11-22-25)15(20(26)24(4)14-7-8-21-10-14)9-17(23-19)18-6-5-13(3)27-18;;/h5-6,9,11-12,14,21H,7-8,10H2,1-4H3;2*1H. The lowest BCUT2D eigenvalue weighted by Gasteiger charge is -2.24. The average Bonchev–Trinajstić information content (AvgIpc) is 3.39. The molecule has 6 nitrogen and oxygen atoms in total. The second kappa shape index (κ2) is 9.43. The van der Waals surface area contributed by atoms with Crippen LogP contribution in [0.5, 0.6) is 0 Å². The third-order valence-corrected chi connectivity index (χ3v) is 6.20. The van der Waals surface area contributed by atoms with Crippen molar-refractivity contribution in [2.45, 2.75) is 39.3 Å². The van der Waals surface area contributed by atoms with Crippen molar-refractivity contribution >= 4 is 53.1 Å². The molecule has 1 saturated heterocycles. The van der Waals surface area contributed by atoms with E-state index < -0.39 is 0 Å². The van der Waals surface area contributed by atoms with Crippen molar-refractivity contribution in [3.8, 4) is 10.6 Å². The van der Waals surface area contributed by atoms with Gasteiger partial charge in [0.15, 0.2) is 5.65 Å². The zero-order chi connectivity index (χ0) is 19.1. The summed E-state index contributed by atoms with van der Waals surface area (Å²) in [5, 5.41) is 8.67. The minimum Gasteiger partial charge on any atom is -0.337 e. The highest BCUT2D eigenvalue weighted by molar-refractivity contribution is 7.15. The van der Waals surface area contributed by atoms with Gasteiger partial charge in [0.1, 0.15) is 0 Å². The summed E-state index contributed by atoms with van der Waals surface area (Å²) >= 11 is 1.69. The molecule has 9 heteroatoms. The molecule has 0 aliphatic carbocycles. The molecule has 0 bridgehead atoms. The van der Waals surface area contributed by atoms with Gasteiger partial charge in [0.05, 0.1) is 27.7 Å². The first kappa shape index (κ1) is 23.6. The topological polar surface area (TPSA) is 63.1 Å². The van der Waals surface area contributed by atoms with Gasteiger partial charge in [-0.05, 0) is 51.9 Å². The number of pyridine rings is 1. The summed E-state index contributed by atoms with van der Waals surface area (Å²) in [4.78, 5) is 22.4. The highest BCUT2D eigenvalue weighted by Crippen LogP contribution is 2.31. The van der Waals surface area contributed by atoms with E-state index in [1.165, 1.54) is 4.88 Å². The largest absolute Gasteiger partial charge is 0.337 e. The number of fused-ring (bicyclic) bond motifs is 1. The van der Waals surface area contributed by atoms with Crippen LogP contribution in [0.15, 0.2) is 24.4 Å². The summed E-state index contributed by atoms with van der Waals surface area (Å²) in [6, 6.07) is 6.50. The normalized spacial score (nSPS) is 16.0. The van der Waals surface area contributed by atoms with Gasteiger partial charge in [-0.25, -0.2) is 9.67 Å². The van der Waals surface area contributed by atoms with Crippen molar-refractivity contribution in [3.05, 3.63) is 34.8 Å². The van der Waals surface area contributed by atoms with Crippen LogP contribution in [0.3, 0.4) is 0 Å². The van der Waals surface area contributed by atoms with Crippen LogP contribution in [0, 0.1) is 6.92 Å².